The van der Waals surface area contributed by atoms with Crippen LogP contribution in [0.1, 0.15) is 11.1 Å². The lowest BCUT2D eigenvalue weighted by atomic mass is 10.1. The quantitative estimate of drug-likeness (QED) is 0.468. The topological polar surface area (TPSA) is 0 Å². The van der Waals surface area contributed by atoms with Gasteiger partial charge in [-0.1, -0.05) is 41.7 Å². The van der Waals surface area contributed by atoms with Gasteiger partial charge in [0, 0.05) is 9.12 Å². The smallest absolute Gasteiger partial charge is 0.0202 e. The Balaban J connectivity index is 2.32. The first-order valence-electron chi connectivity index (χ1n) is 4.61. The van der Waals surface area contributed by atoms with Gasteiger partial charge in [0.1, 0.15) is 0 Å². The summed E-state index contributed by atoms with van der Waals surface area (Å²) in [6, 6.07) is 11.0. The summed E-state index contributed by atoms with van der Waals surface area (Å²) in [5, 5.41) is 0. The van der Waals surface area contributed by atoms with E-state index in [4.69, 9.17) is 0 Å². The molecule has 1 heterocycles. The molecule has 1 aromatic heterocycles. The van der Waals surface area contributed by atoms with Crippen LogP contribution in [0.15, 0.2) is 41.7 Å². The molecular weight excluding hydrogens is 172 g/mol. The fraction of sp³-hybridized carbons (Fsp3) is 0.0833. The van der Waals surface area contributed by atoms with Gasteiger partial charge in [-0.3, -0.25) is 0 Å². The molecular formula is C12H10Si. The normalized spacial score (nSPS) is 12.3. The molecule has 1 aromatic carbocycles. The van der Waals surface area contributed by atoms with Crippen LogP contribution in [0.2, 0.25) is 0 Å². The number of hydrogen-bond acceptors (Lipinski definition) is 0. The van der Waals surface area contributed by atoms with Crippen LogP contribution in [0.3, 0.4) is 0 Å². The molecule has 0 radical (unpaired) electrons. The van der Waals surface area contributed by atoms with Gasteiger partial charge in [-0.25, -0.2) is 0 Å². The van der Waals surface area contributed by atoms with E-state index in [9.17, 15) is 0 Å². The summed E-state index contributed by atoms with van der Waals surface area (Å²) >= 11 is 0. The molecule has 13 heavy (non-hydrogen) atoms. The third-order valence-electron chi connectivity index (χ3n) is 2.71. The Labute approximate surface area is 80.0 Å². The van der Waals surface area contributed by atoms with Gasteiger partial charge in [-0.2, -0.15) is 0 Å². The van der Waals surface area contributed by atoms with E-state index in [-0.39, 0.29) is 0 Å². The summed E-state index contributed by atoms with van der Waals surface area (Å²) < 4.78 is 0. The van der Waals surface area contributed by atoms with E-state index in [1.807, 2.05) is 0 Å². The van der Waals surface area contributed by atoms with Crippen LogP contribution in [0.5, 0.6) is 0 Å². The number of hydrogen-bond donors (Lipinski definition) is 0. The SMILES string of the molecule is c1ccc2c(c1)Cc1c[siH]ccc1-2. The Morgan fingerprint density at radius 1 is 0.923 bits per heavy atom. The van der Waals surface area contributed by atoms with Crippen molar-refractivity contribution in [1.82, 2.24) is 0 Å². The molecule has 0 aliphatic heterocycles. The zero-order valence-electron chi connectivity index (χ0n) is 7.33. The highest BCUT2D eigenvalue weighted by molar-refractivity contribution is 6.27. The molecule has 3 rings (SSSR count). The van der Waals surface area contributed by atoms with E-state index < -0.39 is 0 Å². The van der Waals surface area contributed by atoms with Crippen molar-refractivity contribution in [2.24, 2.45) is 0 Å². The molecule has 0 bridgehead atoms. The third-order valence-corrected chi connectivity index (χ3v) is 3.72. The van der Waals surface area contributed by atoms with Crippen molar-refractivity contribution in [3.63, 3.8) is 0 Å². The highest BCUT2D eigenvalue weighted by Gasteiger charge is 2.15. The molecule has 0 atom stereocenters. The van der Waals surface area contributed by atoms with Gasteiger partial charge in [0.15, 0.2) is 0 Å². The van der Waals surface area contributed by atoms with Gasteiger partial charge in [-0.15, -0.1) is 0 Å². The largest absolute Gasteiger partial charge is 0.0799 e. The van der Waals surface area contributed by atoms with Gasteiger partial charge >= 0.3 is 0 Å². The standard InChI is InChI=1S/C12H10Si/c1-2-4-11-9(3-1)7-10-8-13-6-5-12(10)11/h1-6,8,13H,7H2. The Morgan fingerprint density at radius 3 is 2.77 bits per heavy atom. The predicted octanol–water partition coefficient (Wildman–Crippen LogP) is 2.33. The van der Waals surface area contributed by atoms with E-state index in [1.165, 1.54) is 16.7 Å². The first-order chi connectivity index (χ1) is 6.45. The van der Waals surface area contributed by atoms with E-state index in [0.717, 1.165) is 6.42 Å². The summed E-state index contributed by atoms with van der Waals surface area (Å²) in [5.74, 6) is 0. The summed E-state index contributed by atoms with van der Waals surface area (Å²) in [6.45, 7) is 0. The first-order valence-corrected chi connectivity index (χ1v) is 5.95. The van der Waals surface area contributed by atoms with Crippen molar-refractivity contribution in [2.75, 3.05) is 0 Å². The highest BCUT2D eigenvalue weighted by atomic mass is 28.2. The Hall–Kier alpha value is -1.21. The molecule has 0 N–H and O–H groups in total. The monoisotopic (exact) mass is 182 g/mol. The second kappa shape index (κ2) is 2.64. The highest BCUT2D eigenvalue weighted by Crippen LogP contribution is 2.35. The summed E-state index contributed by atoms with van der Waals surface area (Å²) in [6.07, 6.45) is 1.16. The summed E-state index contributed by atoms with van der Waals surface area (Å²) in [4.78, 5) is 0. The van der Waals surface area contributed by atoms with Gasteiger partial charge < -0.3 is 0 Å². The number of fused-ring (bicyclic) bond motifs is 3. The van der Waals surface area contributed by atoms with E-state index in [1.54, 1.807) is 5.56 Å². The van der Waals surface area contributed by atoms with Crippen molar-refractivity contribution in [2.45, 2.75) is 6.42 Å². The molecule has 0 saturated carbocycles. The molecule has 62 valence electrons. The Kier molecular flexibility index (Phi) is 1.46. The Morgan fingerprint density at radius 2 is 1.77 bits per heavy atom. The lowest BCUT2D eigenvalue weighted by molar-refractivity contribution is 1.27. The van der Waals surface area contributed by atoms with Crippen molar-refractivity contribution >= 4 is 9.12 Å². The second-order valence-corrected chi connectivity index (χ2v) is 4.59. The maximum absolute atomic E-state index is 2.43. The van der Waals surface area contributed by atoms with Crippen LogP contribution in [0.4, 0.5) is 0 Å². The van der Waals surface area contributed by atoms with Crippen LogP contribution in [0.25, 0.3) is 11.1 Å². The average molecular weight is 182 g/mol. The minimum absolute atomic E-state index is 0.429. The average Bonchev–Trinajstić information content (AvgIpc) is 2.56. The van der Waals surface area contributed by atoms with Crippen molar-refractivity contribution in [1.29, 1.82) is 0 Å². The van der Waals surface area contributed by atoms with Gasteiger partial charge in [-0.05, 0) is 28.7 Å². The van der Waals surface area contributed by atoms with E-state index >= 15 is 0 Å². The fourth-order valence-electron chi connectivity index (χ4n) is 2.08. The number of rotatable bonds is 0. The van der Waals surface area contributed by atoms with E-state index in [0.29, 0.717) is 9.12 Å². The molecule has 2 aromatic rings. The summed E-state index contributed by atoms with van der Waals surface area (Å²) in [5.41, 5.74) is 10.7. The second-order valence-electron chi connectivity index (χ2n) is 3.49. The van der Waals surface area contributed by atoms with Gasteiger partial charge in [0.25, 0.3) is 0 Å². The van der Waals surface area contributed by atoms with Crippen LogP contribution >= 0.6 is 0 Å². The maximum atomic E-state index is 2.43. The lowest BCUT2D eigenvalue weighted by Crippen LogP contribution is -1.80. The zero-order valence-corrected chi connectivity index (χ0v) is 8.48. The molecule has 1 aliphatic carbocycles. The molecule has 0 nitrogen and oxygen atoms in total. The minimum atomic E-state index is 0.429. The third kappa shape index (κ3) is 1.01. The van der Waals surface area contributed by atoms with Crippen LogP contribution in [-0.2, 0) is 6.42 Å². The summed E-state index contributed by atoms with van der Waals surface area (Å²) in [7, 11) is 0.429. The maximum Gasteiger partial charge on any atom is 0.0202 e. The molecule has 0 saturated heterocycles. The minimum Gasteiger partial charge on any atom is -0.0799 e. The number of benzene rings is 1. The van der Waals surface area contributed by atoms with Crippen molar-refractivity contribution in [3.05, 3.63) is 52.8 Å². The van der Waals surface area contributed by atoms with Crippen LogP contribution < -0.4 is 0 Å². The van der Waals surface area contributed by atoms with Crippen molar-refractivity contribution in [3.8, 4) is 11.1 Å². The van der Waals surface area contributed by atoms with Crippen LogP contribution in [-0.4, -0.2) is 9.12 Å². The lowest BCUT2D eigenvalue weighted by Gasteiger charge is -1.98. The molecule has 0 spiro atoms. The molecule has 0 fully saturated rings. The van der Waals surface area contributed by atoms with Gasteiger partial charge in [0.05, 0.1) is 0 Å². The Bertz CT molecular complexity index is 417. The molecule has 0 unspecified atom stereocenters. The molecule has 1 heteroatoms. The zero-order chi connectivity index (χ0) is 8.67. The molecule has 0 amide bonds. The predicted molar refractivity (Wildman–Crippen MR) is 57.4 cm³/mol. The van der Waals surface area contributed by atoms with Gasteiger partial charge in [0.2, 0.25) is 0 Å². The first kappa shape index (κ1) is 7.22. The van der Waals surface area contributed by atoms with Crippen molar-refractivity contribution < 1.29 is 0 Å². The molecule has 1 aliphatic rings. The van der Waals surface area contributed by atoms with E-state index in [2.05, 4.69) is 41.7 Å². The fourth-order valence-corrected chi connectivity index (χ4v) is 3.02. The van der Waals surface area contributed by atoms with Crippen LogP contribution in [0, 0.1) is 0 Å².